The van der Waals surface area contributed by atoms with Crippen molar-refractivity contribution in [2.45, 2.75) is 25.8 Å². The monoisotopic (exact) mass is 381 g/mol. The summed E-state index contributed by atoms with van der Waals surface area (Å²) < 4.78 is 20.5. The third-order valence-electron chi connectivity index (χ3n) is 4.87. The Bertz CT molecular complexity index is 1050. The summed E-state index contributed by atoms with van der Waals surface area (Å²) in [6.45, 7) is 6.59. The van der Waals surface area contributed by atoms with E-state index in [1.807, 2.05) is 6.07 Å². The van der Waals surface area contributed by atoms with Crippen LogP contribution in [0.4, 0.5) is 10.2 Å². The topological polar surface area (TPSA) is 72.6 Å². The van der Waals surface area contributed by atoms with E-state index in [0.717, 1.165) is 24.9 Å². The molecule has 3 aromatic rings. The molecular formula is C20H20FN5O2. The number of hydrogen-bond acceptors (Lipinski definition) is 6. The number of carbonyl (C=O) groups excluding carboxylic acids is 1. The lowest BCUT2D eigenvalue weighted by atomic mass is 10.0. The second-order valence-corrected chi connectivity index (χ2v) is 6.52. The van der Waals surface area contributed by atoms with Crippen LogP contribution in [0.1, 0.15) is 47.4 Å². The maximum atomic E-state index is 13.9. The average Bonchev–Trinajstić information content (AvgIpc) is 3.34. The number of hydrogen-bond donors (Lipinski definition) is 0. The molecule has 0 saturated carbocycles. The Morgan fingerprint density at radius 1 is 1.46 bits per heavy atom. The highest BCUT2D eigenvalue weighted by molar-refractivity contribution is 5.95. The molecule has 4 heterocycles. The molecule has 1 fully saturated rings. The van der Waals surface area contributed by atoms with Crippen molar-refractivity contribution in [3.05, 3.63) is 59.9 Å². The van der Waals surface area contributed by atoms with Gasteiger partial charge in [0.25, 0.3) is 0 Å². The first kappa shape index (κ1) is 18.1. The lowest BCUT2D eigenvalue weighted by molar-refractivity contribution is 0.0528. The Morgan fingerprint density at radius 2 is 2.32 bits per heavy atom. The highest BCUT2D eigenvalue weighted by atomic mass is 19.1. The lowest BCUT2D eigenvalue weighted by Crippen LogP contribution is -2.25. The Balaban J connectivity index is 1.75. The van der Waals surface area contributed by atoms with Crippen LogP contribution in [0.15, 0.2) is 37.3 Å². The van der Waals surface area contributed by atoms with E-state index in [0.29, 0.717) is 22.7 Å². The van der Waals surface area contributed by atoms with Gasteiger partial charge in [0.05, 0.1) is 30.7 Å². The zero-order valence-electron chi connectivity index (χ0n) is 15.5. The van der Waals surface area contributed by atoms with Crippen molar-refractivity contribution in [3.8, 4) is 0 Å². The summed E-state index contributed by atoms with van der Waals surface area (Å²) in [5.74, 6) is -0.139. The number of aromatic nitrogens is 4. The standard InChI is InChI=1S/C20H20FN5O2/c1-3-16-14(10-13(21)11-22-16)17-6-5-8-25(17)18-7-9-26-19(24-18)15(12-23-26)20(27)28-4-2/h3,7,9-12,17H,1,4-6,8H2,2H3/t17-/m0/s1. The third kappa shape index (κ3) is 3.11. The van der Waals surface area contributed by atoms with Gasteiger partial charge >= 0.3 is 5.97 Å². The number of ether oxygens (including phenoxy) is 1. The molecule has 7 nitrogen and oxygen atoms in total. The van der Waals surface area contributed by atoms with E-state index in [2.05, 4.69) is 26.5 Å². The fourth-order valence-electron chi connectivity index (χ4n) is 3.64. The van der Waals surface area contributed by atoms with E-state index in [9.17, 15) is 9.18 Å². The van der Waals surface area contributed by atoms with E-state index in [4.69, 9.17) is 4.74 Å². The first-order valence-electron chi connectivity index (χ1n) is 9.18. The Labute approximate surface area is 161 Å². The van der Waals surface area contributed by atoms with Crippen molar-refractivity contribution in [1.29, 1.82) is 0 Å². The molecule has 28 heavy (non-hydrogen) atoms. The number of carbonyl (C=O) groups is 1. The van der Waals surface area contributed by atoms with Crippen molar-refractivity contribution < 1.29 is 13.9 Å². The minimum absolute atomic E-state index is 0.0693. The van der Waals surface area contributed by atoms with E-state index < -0.39 is 5.97 Å². The molecule has 0 aromatic carbocycles. The van der Waals surface area contributed by atoms with E-state index in [-0.39, 0.29) is 18.5 Å². The summed E-state index contributed by atoms with van der Waals surface area (Å²) in [5, 5.41) is 4.17. The fraction of sp³-hybridized carbons (Fsp3) is 0.300. The van der Waals surface area contributed by atoms with Gasteiger partial charge in [0.15, 0.2) is 5.65 Å². The molecule has 0 radical (unpaired) electrons. The number of nitrogens with zero attached hydrogens (tertiary/aromatic N) is 5. The summed E-state index contributed by atoms with van der Waals surface area (Å²) in [7, 11) is 0. The van der Waals surface area contributed by atoms with Crippen LogP contribution in [0.2, 0.25) is 0 Å². The van der Waals surface area contributed by atoms with Gasteiger partial charge in [-0.3, -0.25) is 4.98 Å². The summed E-state index contributed by atoms with van der Waals surface area (Å²) >= 11 is 0. The molecule has 0 amide bonds. The Hall–Kier alpha value is -3.29. The van der Waals surface area contributed by atoms with Gasteiger partial charge in [-0.15, -0.1) is 0 Å². The van der Waals surface area contributed by atoms with Crippen molar-refractivity contribution in [1.82, 2.24) is 19.6 Å². The molecule has 0 unspecified atom stereocenters. The third-order valence-corrected chi connectivity index (χ3v) is 4.87. The highest BCUT2D eigenvalue weighted by Gasteiger charge is 2.30. The molecule has 4 rings (SSSR count). The van der Waals surface area contributed by atoms with Gasteiger partial charge in [-0.05, 0) is 38.0 Å². The van der Waals surface area contributed by atoms with Crippen molar-refractivity contribution in [2.24, 2.45) is 0 Å². The molecule has 1 saturated heterocycles. The molecule has 0 spiro atoms. The first-order chi connectivity index (χ1) is 13.6. The Morgan fingerprint density at radius 3 is 3.11 bits per heavy atom. The van der Waals surface area contributed by atoms with Gasteiger partial charge in [-0.2, -0.15) is 5.10 Å². The molecule has 0 bridgehead atoms. The molecule has 1 atom stereocenters. The van der Waals surface area contributed by atoms with Crippen molar-refractivity contribution >= 4 is 23.5 Å². The van der Waals surface area contributed by atoms with Gasteiger partial charge in [-0.25, -0.2) is 18.7 Å². The van der Waals surface area contributed by atoms with Gasteiger partial charge in [0.2, 0.25) is 0 Å². The van der Waals surface area contributed by atoms with Crippen molar-refractivity contribution in [2.75, 3.05) is 18.1 Å². The number of halogens is 1. The molecule has 1 aliphatic rings. The Kier molecular flexibility index (Phi) is 4.77. The first-order valence-corrected chi connectivity index (χ1v) is 9.18. The normalized spacial score (nSPS) is 16.5. The fourth-order valence-corrected chi connectivity index (χ4v) is 3.64. The van der Waals surface area contributed by atoms with Crippen molar-refractivity contribution in [3.63, 3.8) is 0 Å². The predicted octanol–water partition coefficient (Wildman–Crippen LogP) is 3.42. The summed E-state index contributed by atoms with van der Waals surface area (Å²) in [6.07, 6.45) is 7.84. The van der Waals surface area contributed by atoms with Crippen LogP contribution in [0, 0.1) is 5.82 Å². The maximum Gasteiger partial charge on any atom is 0.343 e. The predicted molar refractivity (Wildman–Crippen MR) is 103 cm³/mol. The maximum absolute atomic E-state index is 13.9. The molecule has 0 N–H and O–H groups in total. The summed E-state index contributed by atoms with van der Waals surface area (Å²) in [4.78, 5) is 23.1. The molecule has 0 aliphatic carbocycles. The molecular weight excluding hydrogens is 361 g/mol. The smallest absolute Gasteiger partial charge is 0.343 e. The molecule has 3 aromatic heterocycles. The number of fused-ring (bicyclic) bond motifs is 1. The number of anilines is 1. The summed E-state index contributed by atoms with van der Waals surface area (Å²) in [6, 6.07) is 3.28. The second kappa shape index (κ2) is 7.38. The number of pyridine rings is 1. The second-order valence-electron chi connectivity index (χ2n) is 6.52. The SMILES string of the molecule is C=Cc1ncc(F)cc1[C@@H]1CCCN1c1ccn2ncc(C(=O)OCC)c2n1. The number of esters is 1. The van der Waals surface area contributed by atoms with Crippen LogP contribution < -0.4 is 4.90 Å². The van der Waals surface area contributed by atoms with E-state index in [1.54, 1.807) is 23.7 Å². The van der Waals surface area contributed by atoms with Gasteiger partial charge in [0.1, 0.15) is 17.2 Å². The van der Waals surface area contributed by atoms with E-state index in [1.165, 1.54) is 18.5 Å². The van der Waals surface area contributed by atoms with Crippen LogP contribution in [0.25, 0.3) is 11.7 Å². The average molecular weight is 381 g/mol. The van der Waals surface area contributed by atoms with Crippen LogP contribution >= 0.6 is 0 Å². The summed E-state index contributed by atoms with van der Waals surface area (Å²) in [5.41, 5.74) is 2.20. The van der Waals surface area contributed by atoms with E-state index >= 15 is 0 Å². The zero-order valence-corrected chi connectivity index (χ0v) is 15.5. The molecule has 144 valence electrons. The lowest BCUT2D eigenvalue weighted by Gasteiger charge is -2.27. The minimum Gasteiger partial charge on any atom is -0.462 e. The van der Waals surface area contributed by atoms with Gasteiger partial charge < -0.3 is 9.64 Å². The highest BCUT2D eigenvalue weighted by Crippen LogP contribution is 2.37. The largest absolute Gasteiger partial charge is 0.462 e. The van der Waals surface area contributed by atoms with Crippen LogP contribution in [0.3, 0.4) is 0 Å². The van der Waals surface area contributed by atoms with Gasteiger partial charge in [0, 0.05) is 18.3 Å². The van der Waals surface area contributed by atoms with Gasteiger partial charge in [-0.1, -0.05) is 6.58 Å². The number of rotatable bonds is 5. The molecule has 1 aliphatic heterocycles. The quantitative estimate of drug-likeness (QED) is 0.631. The minimum atomic E-state index is -0.455. The van der Waals surface area contributed by atoms with Crippen LogP contribution in [0.5, 0.6) is 0 Å². The molecule has 8 heteroatoms. The zero-order chi connectivity index (χ0) is 19.7. The van der Waals surface area contributed by atoms with Crippen LogP contribution in [-0.2, 0) is 4.74 Å². The van der Waals surface area contributed by atoms with Crippen LogP contribution in [-0.4, -0.2) is 38.7 Å².